The molecule has 1 aromatic heterocycles. The van der Waals surface area contributed by atoms with Crippen molar-refractivity contribution in [2.75, 3.05) is 6.26 Å². The molecule has 0 aliphatic rings. The van der Waals surface area contributed by atoms with Gasteiger partial charge in [0.1, 0.15) is 5.69 Å². The van der Waals surface area contributed by atoms with Gasteiger partial charge in [0.05, 0.1) is 4.90 Å². The van der Waals surface area contributed by atoms with E-state index in [1.165, 1.54) is 6.26 Å². The third-order valence-electron chi connectivity index (χ3n) is 3.81. The molecule has 0 unspecified atom stereocenters. The van der Waals surface area contributed by atoms with Crippen LogP contribution in [0, 0.1) is 5.92 Å². The summed E-state index contributed by atoms with van der Waals surface area (Å²) >= 11 is 0. The van der Waals surface area contributed by atoms with E-state index in [0.29, 0.717) is 24.6 Å². The van der Waals surface area contributed by atoms with Crippen molar-refractivity contribution in [2.45, 2.75) is 38.1 Å². The highest BCUT2D eigenvalue weighted by atomic mass is 32.2. The summed E-state index contributed by atoms with van der Waals surface area (Å²) in [6.45, 7) is 4.74. The fourth-order valence-corrected chi connectivity index (χ4v) is 3.30. The second kappa shape index (κ2) is 7.21. The molecule has 24 heavy (non-hydrogen) atoms. The van der Waals surface area contributed by atoms with E-state index in [9.17, 15) is 18.3 Å². The molecule has 0 saturated carbocycles. The minimum absolute atomic E-state index is 0.289. The highest BCUT2D eigenvalue weighted by Crippen LogP contribution is 2.16. The van der Waals surface area contributed by atoms with Crippen LogP contribution in [-0.2, 0) is 29.2 Å². The lowest BCUT2D eigenvalue weighted by Gasteiger charge is -2.07. The smallest absolute Gasteiger partial charge is 0.352 e. The summed E-state index contributed by atoms with van der Waals surface area (Å²) in [6, 6.07) is 8.45. The Morgan fingerprint density at radius 2 is 1.79 bits per heavy atom. The van der Waals surface area contributed by atoms with Crippen molar-refractivity contribution in [1.82, 2.24) is 4.57 Å². The Morgan fingerprint density at radius 1 is 1.17 bits per heavy atom. The van der Waals surface area contributed by atoms with Crippen molar-refractivity contribution < 1.29 is 18.3 Å². The van der Waals surface area contributed by atoms with E-state index >= 15 is 0 Å². The molecular formula is C18H23NO4S. The van der Waals surface area contributed by atoms with Gasteiger partial charge in [-0.3, -0.25) is 0 Å². The van der Waals surface area contributed by atoms with E-state index in [4.69, 9.17) is 0 Å². The molecule has 0 atom stereocenters. The van der Waals surface area contributed by atoms with Gasteiger partial charge in [0.15, 0.2) is 9.84 Å². The van der Waals surface area contributed by atoms with Gasteiger partial charge < -0.3 is 9.67 Å². The second-order valence-corrected chi connectivity index (χ2v) is 8.51. The number of rotatable bonds is 7. The lowest BCUT2D eigenvalue weighted by molar-refractivity contribution is 0.0685. The van der Waals surface area contributed by atoms with E-state index in [-0.39, 0.29) is 4.90 Å². The summed E-state index contributed by atoms with van der Waals surface area (Å²) in [5.41, 5.74) is 2.28. The number of aromatic carboxylic acids is 1. The van der Waals surface area contributed by atoms with E-state index < -0.39 is 15.8 Å². The molecule has 0 bridgehead atoms. The minimum atomic E-state index is -3.20. The van der Waals surface area contributed by atoms with Crippen molar-refractivity contribution in [1.29, 1.82) is 0 Å². The Hall–Kier alpha value is -2.08. The number of benzene rings is 1. The zero-order valence-corrected chi connectivity index (χ0v) is 15.0. The molecule has 0 saturated heterocycles. The highest BCUT2D eigenvalue weighted by molar-refractivity contribution is 7.90. The van der Waals surface area contributed by atoms with Gasteiger partial charge in [0.2, 0.25) is 0 Å². The average molecular weight is 349 g/mol. The van der Waals surface area contributed by atoms with Gasteiger partial charge in [-0.2, -0.15) is 0 Å². The van der Waals surface area contributed by atoms with Crippen LogP contribution >= 0.6 is 0 Å². The maximum absolute atomic E-state index is 11.5. The Balaban J connectivity index is 2.13. The van der Waals surface area contributed by atoms with Gasteiger partial charge in [0.25, 0.3) is 0 Å². The summed E-state index contributed by atoms with van der Waals surface area (Å²) in [6.07, 6.45) is 4.56. The van der Waals surface area contributed by atoms with Crippen molar-refractivity contribution in [3.8, 4) is 0 Å². The number of aromatic nitrogens is 1. The fourth-order valence-electron chi connectivity index (χ4n) is 2.67. The monoisotopic (exact) mass is 349 g/mol. The van der Waals surface area contributed by atoms with Crippen molar-refractivity contribution in [3.05, 3.63) is 53.3 Å². The third kappa shape index (κ3) is 4.71. The van der Waals surface area contributed by atoms with Gasteiger partial charge in [-0.15, -0.1) is 0 Å². The number of nitrogens with zero attached hydrogens (tertiary/aromatic N) is 1. The molecule has 1 heterocycles. The number of hydrogen-bond acceptors (Lipinski definition) is 3. The Morgan fingerprint density at radius 3 is 2.29 bits per heavy atom. The first-order valence-electron chi connectivity index (χ1n) is 7.88. The molecule has 1 aromatic carbocycles. The van der Waals surface area contributed by atoms with E-state index in [0.717, 1.165) is 17.5 Å². The Bertz CT molecular complexity index is 817. The van der Waals surface area contributed by atoms with Crippen LogP contribution in [0.4, 0.5) is 0 Å². The van der Waals surface area contributed by atoms with Crippen LogP contribution in [0.2, 0.25) is 0 Å². The lowest BCUT2D eigenvalue weighted by atomic mass is 10.1. The van der Waals surface area contributed by atoms with Gasteiger partial charge in [-0.25, -0.2) is 13.2 Å². The van der Waals surface area contributed by atoms with Crippen LogP contribution in [0.1, 0.15) is 35.5 Å². The number of hydrogen-bond donors (Lipinski definition) is 1. The van der Waals surface area contributed by atoms with Crippen LogP contribution in [0.25, 0.3) is 0 Å². The quantitative estimate of drug-likeness (QED) is 0.833. The molecule has 1 N–H and O–H groups in total. The molecule has 2 aromatic rings. The standard InChI is InChI=1S/C18H23NO4S/c1-13(2)10-15-11-17(18(20)21)19(12-15)9-8-14-4-6-16(7-5-14)24(3,22)23/h4-7,11-13H,8-10H2,1-3H3,(H,20,21). The fraction of sp³-hybridized carbons (Fsp3) is 0.389. The average Bonchev–Trinajstić information content (AvgIpc) is 2.87. The topological polar surface area (TPSA) is 76.4 Å². The summed E-state index contributed by atoms with van der Waals surface area (Å²) in [5.74, 6) is -0.469. The van der Waals surface area contributed by atoms with Crippen molar-refractivity contribution in [2.24, 2.45) is 5.92 Å². The predicted octanol–water partition coefficient (Wildman–Crippen LogP) is 3.03. The van der Waals surface area contributed by atoms with Crippen molar-refractivity contribution in [3.63, 3.8) is 0 Å². The first-order chi connectivity index (χ1) is 11.2. The van der Waals surface area contributed by atoms with E-state index in [1.807, 2.05) is 6.20 Å². The number of carboxylic acids is 1. The van der Waals surface area contributed by atoms with Crippen LogP contribution in [0.3, 0.4) is 0 Å². The number of aryl methyl sites for hydroxylation is 2. The maximum atomic E-state index is 11.5. The third-order valence-corrected chi connectivity index (χ3v) is 4.94. The van der Waals surface area contributed by atoms with Gasteiger partial charge in [-0.05, 0) is 48.1 Å². The molecule has 0 radical (unpaired) electrons. The van der Waals surface area contributed by atoms with Gasteiger partial charge in [-0.1, -0.05) is 26.0 Å². The van der Waals surface area contributed by atoms with Crippen LogP contribution in [0.5, 0.6) is 0 Å². The molecular weight excluding hydrogens is 326 g/mol. The molecule has 5 nitrogen and oxygen atoms in total. The number of carboxylic acid groups (broad SMARTS) is 1. The molecule has 130 valence electrons. The Labute approximate surface area is 142 Å². The summed E-state index contributed by atoms with van der Waals surface area (Å²) in [4.78, 5) is 11.7. The van der Waals surface area contributed by atoms with Crippen LogP contribution in [0.15, 0.2) is 41.4 Å². The first kappa shape index (κ1) is 18.3. The first-order valence-corrected chi connectivity index (χ1v) is 9.77. The second-order valence-electron chi connectivity index (χ2n) is 6.50. The van der Waals surface area contributed by atoms with E-state index in [2.05, 4.69) is 13.8 Å². The predicted molar refractivity (Wildman–Crippen MR) is 93.2 cm³/mol. The highest BCUT2D eigenvalue weighted by Gasteiger charge is 2.13. The molecule has 0 amide bonds. The molecule has 0 fully saturated rings. The maximum Gasteiger partial charge on any atom is 0.352 e. The molecule has 0 aliphatic heterocycles. The molecule has 6 heteroatoms. The largest absolute Gasteiger partial charge is 0.477 e. The molecule has 0 spiro atoms. The van der Waals surface area contributed by atoms with Crippen molar-refractivity contribution >= 4 is 15.8 Å². The van der Waals surface area contributed by atoms with Gasteiger partial charge >= 0.3 is 5.97 Å². The zero-order chi connectivity index (χ0) is 17.9. The zero-order valence-electron chi connectivity index (χ0n) is 14.2. The van der Waals surface area contributed by atoms with Gasteiger partial charge in [0, 0.05) is 19.0 Å². The summed E-state index contributed by atoms with van der Waals surface area (Å²) < 4.78 is 24.7. The summed E-state index contributed by atoms with van der Waals surface area (Å²) in [7, 11) is -3.20. The number of carbonyl (C=O) groups is 1. The minimum Gasteiger partial charge on any atom is -0.477 e. The Kier molecular flexibility index (Phi) is 5.49. The van der Waals surface area contributed by atoms with Crippen LogP contribution < -0.4 is 0 Å². The summed E-state index contributed by atoms with van der Waals surface area (Å²) in [5, 5.41) is 9.35. The SMILES string of the molecule is CC(C)Cc1cc(C(=O)O)n(CCc2ccc(S(C)(=O)=O)cc2)c1. The lowest BCUT2D eigenvalue weighted by Crippen LogP contribution is -2.09. The van der Waals surface area contributed by atoms with E-state index in [1.54, 1.807) is 34.9 Å². The number of sulfone groups is 1. The van der Waals surface area contributed by atoms with Crippen LogP contribution in [-0.4, -0.2) is 30.3 Å². The molecule has 0 aliphatic carbocycles. The molecule has 2 rings (SSSR count). The normalized spacial score (nSPS) is 11.8.